The van der Waals surface area contributed by atoms with Gasteiger partial charge in [-0.3, -0.25) is 4.79 Å². The van der Waals surface area contributed by atoms with Crippen molar-refractivity contribution in [3.8, 4) is 0 Å². The third-order valence-corrected chi connectivity index (χ3v) is 3.69. The zero-order valence-corrected chi connectivity index (χ0v) is 10.3. The number of hydrogen-bond acceptors (Lipinski definition) is 1. The lowest BCUT2D eigenvalue weighted by molar-refractivity contribution is -0.137. The summed E-state index contributed by atoms with van der Waals surface area (Å²) >= 11 is 0. The third-order valence-electron chi connectivity index (χ3n) is 3.69. The molecule has 3 rings (SSSR count). The Kier molecular flexibility index (Phi) is 2.82. The predicted molar refractivity (Wildman–Crippen MR) is 69.7 cm³/mol. The molecule has 0 saturated carbocycles. The standard InChI is InChI=1S/C16H13FO2/c17-12-7-8-14-11(9-12)6-5-10-3-1-2-4-13(10)15(14)16(18)19/h1-4,7-9,15H,5-6H2,(H,18,19). The lowest BCUT2D eigenvalue weighted by Gasteiger charge is -2.15. The second-order valence-corrected chi connectivity index (χ2v) is 4.81. The van der Waals surface area contributed by atoms with Crippen molar-refractivity contribution in [2.24, 2.45) is 0 Å². The van der Waals surface area contributed by atoms with Crippen molar-refractivity contribution in [3.63, 3.8) is 0 Å². The van der Waals surface area contributed by atoms with Crippen LogP contribution in [0.15, 0.2) is 42.5 Å². The van der Waals surface area contributed by atoms with Gasteiger partial charge in [-0.2, -0.15) is 0 Å². The van der Waals surface area contributed by atoms with Crippen LogP contribution in [-0.4, -0.2) is 11.1 Å². The second kappa shape index (κ2) is 4.50. The van der Waals surface area contributed by atoms with E-state index in [1.165, 1.54) is 12.1 Å². The van der Waals surface area contributed by atoms with Gasteiger partial charge in [0.15, 0.2) is 0 Å². The molecule has 96 valence electrons. The van der Waals surface area contributed by atoms with Crippen LogP contribution in [0, 0.1) is 5.82 Å². The molecule has 2 aromatic rings. The zero-order chi connectivity index (χ0) is 13.4. The van der Waals surface area contributed by atoms with Crippen molar-refractivity contribution in [3.05, 3.63) is 70.5 Å². The zero-order valence-electron chi connectivity index (χ0n) is 10.3. The normalized spacial score (nSPS) is 17.2. The van der Waals surface area contributed by atoms with E-state index in [1.807, 2.05) is 24.3 Å². The van der Waals surface area contributed by atoms with Crippen molar-refractivity contribution in [1.82, 2.24) is 0 Å². The maximum absolute atomic E-state index is 13.3. The van der Waals surface area contributed by atoms with Gasteiger partial charge in [-0.25, -0.2) is 4.39 Å². The Balaban J connectivity index is 2.24. The highest BCUT2D eigenvalue weighted by molar-refractivity contribution is 5.82. The van der Waals surface area contributed by atoms with E-state index >= 15 is 0 Å². The van der Waals surface area contributed by atoms with Crippen molar-refractivity contribution in [1.29, 1.82) is 0 Å². The van der Waals surface area contributed by atoms with Crippen LogP contribution in [0.1, 0.15) is 28.2 Å². The summed E-state index contributed by atoms with van der Waals surface area (Å²) in [5.74, 6) is -1.90. The quantitative estimate of drug-likeness (QED) is 0.851. The van der Waals surface area contributed by atoms with Crippen molar-refractivity contribution < 1.29 is 14.3 Å². The fourth-order valence-corrected chi connectivity index (χ4v) is 2.82. The number of halogens is 1. The highest BCUT2D eigenvalue weighted by atomic mass is 19.1. The molecule has 0 amide bonds. The number of hydrogen-bond donors (Lipinski definition) is 1. The average molecular weight is 256 g/mol. The van der Waals surface area contributed by atoms with Crippen LogP contribution in [0.4, 0.5) is 4.39 Å². The largest absolute Gasteiger partial charge is 0.481 e. The van der Waals surface area contributed by atoms with Crippen LogP contribution in [0.3, 0.4) is 0 Å². The molecule has 3 heteroatoms. The minimum Gasteiger partial charge on any atom is -0.481 e. The molecule has 1 atom stereocenters. The van der Waals surface area contributed by atoms with E-state index in [9.17, 15) is 14.3 Å². The summed E-state index contributed by atoms with van der Waals surface area (Å²) in [5, 5.41) is 9.53. The van der Waals surface area contributed by atoms with Gasteiger partial charge >= 0.3 is 5.97 Å². The van der Waals surface area contributed by atoms with E-state index in [-0.39, 0.29) is 5.82 Å². The molecule has 1 unspecified atom stereocenters. The Morgan fingerprint density at radius 2 is 1.74 bits per heavy atom. The van der Waals surface area contributed by atoms with Crippen LogP contribution < -0.4 is 0 Å². The molecule has 0 fully saturated rings. The first kappa shape index (κ1) is 11.9. The molecule has 0 bridgehead atoms. The van der Waals surface area contributed by atoms with Crippen LogP contribution >= 0.6 is 0 Å². The highest BCUT2D eigenvalue weighted by Gasteiger charge is 2.29. The fourth-order valence-electron chi connectivity index (χ4n) is 2.82. The summed E-state index contributed by atoms with van der Waals surface area (Å²) in [4.78, 5) is 11.6. The van der Waals surface area contributed by atoms with E-state index in [4.69, 9.17) is 0 Å². The smallest absolute Gasteiger partial charge is 0.315 e. The summed E-state index contributed by atoms with van der Waals surface area (Å²) in [5.41, 5.74) is 3.36. The monoisotopic (exact) mass is 256 g/mol. The molecule has 2 aromatic carbocycles. The number of carboxylic acids is 1. The second-order valence-electron chi connectivity index (χ2n) is 4.81. The summed E-state index contributed by atoms with van der Waals surface area (Å²) < 4.78 is 13.3. The van der Waals surface area contributed by atoms with Gasteiger partial charge in [-0.15, -0.1) is 0 Å². The Hall–Kier alpha value is -2.16. The molecular weight excluding hydrogens is 243 g/mol. The van der Waals surface area contributed by atoms with Crippen LogP contribution in [-0.2, 0) is 17.6 Å². The molecule has 1 aliphatic rings. The number of aliphatic carboxylic acids is 1. The topological polar surface area (TPSA) is 37.3 Å². The molecule has 0 aliphatic heterocycles. The summed E-state index contributed by atoms with van der Waals surface area (Å²) in [7, 11) is 0. The first-order chi connectivity index (χ1) is 9.16. The lowest BCUT2D eigenvalue weighted by atomic mass is 9.88. The van der Waals surface area contributed by atoms with Gasteiger partial charge < -0.3 is 5.11 Å². The molecule has 0 saturated heterocycles. The Labute approximate surface area is 110 Å². The number of fused-ring (bicyclic) bond motifs is 2. The van der Waals surface area contributed by atoms with Gasteiger partial charge in [0.2, 0.25) is 0 Å². The SMILES string of the molecule is O=C(O)C1c2ccccc2CCc2cc(F)ccc21. The summed E-state index contributed by atoms with van der Waals surface area (Å²) in [6.45, 7) is 0. The van der Waals surface area contributed by atoms with E-state index in [2.05, 4.69) is 0 Å². The molecule has 1 aliphatic carbocycles. The van der Waals surface area contributed by atoms with Crippen LogP contribution in [0.25, 0.3) is 0 Å². The van der Waals surface area contributed by atoms with Gasteiger partial charge in [0.05, 0.1) is 0 Å². The predicted octanol–water partition coefficient (Wildman–Crippen LogP) is 3.14. The number of benzene rings is 2. The number of rotatable bonds is 1. The van der Waals surface area contributed by atoms with E-state index < -0.39 is 11.9 Å². The van der Waals surface area contributed by atoms with Gasteiger partial charge in [0.25, 0.3) is 0 Å². The first-order valence-electron chi connectivity index (χ1n) is 6.26. The van der Waals surface area contributed by atoms with Gasteiger partial charge in [-0.05, 0) is 47.2 Å². The van der Waals surface area contributed by atoms with E-state index in [1.54, 1.807) is 6.07 Å². The maximum atomic E-state index is 13.3. The van der Waals surface area contributed by atoms with Crippen molar-refractivity contribution in [2.75, 3.05) is 0 Å². The fraction of sp³-hybridized carbons (Fsp3) is 0.188. The van der Waals surface area contributed by atoms with Crippen molar-refractivity contribution >= 4 is 5.97 Å². The summed E-state index contributed by atoms with van der Waals surface area (Å²) in [6, 6.07) is 12.0. The van der Waals surface area contributed by atoms with Gasteiger partial charge in [0.1, 0.15) is 11.7 Å². The van der Waals surface area contributed by atoms with E-state index in [0.717, 1.165) is 23.1 Å². The molecule has 0 radical (unpaired) electrons. The molecule has 2 nitrogen and oxygen atoms in total. The van der Waals surface area contributed by atoms with Gasteiger partial charge in [-0.1, -0.05) is 30.3 Å². The Morgan fingerprint density at radius 3 is 2.53 bits per heavy atom. The molecule has 19 heavy (non-hydrogen) atoms. The summed E-state index contributed by atoms with van der Waals surface area (Å²) in [6.07, 6.45) is 1.42. The van der Waals surface area contributed by atoms with Crippen molar-refractivity contribution in [2.45, 2.75) is 18.8 Å². The third kappa shape index (κ3) is 2.01. The Bertz CT molecular complexity index is 649. The highest BCUT2D eigenvalue weighted by Crippen LogP contribution is 2.34. The van der Waals surface area contributed by atoms with E-state index in [0.29, 0.717) is 12.0 Å². The molecule has 0 spiro atoms. The molecular formula is C16H13FO2. The van der Waals surface area contributed by atoms with Gasteiger partial charge in [0, 0.05) is 0 Å². The number of aryl methyl sites for hydroxylation is 2. The first-order valence-corrected chi connectivity index (χ1v) is 6.26. The number of carboxylic acid groups (broad SMARTS) is 1. The average Bonchev–Trinajstić information content (AvgIpc) is 2.55. The molecule has 0 heterocycles. The molecule has 0 aromatic heterocycles. The minimum atomic E-state index is -0.887. The Morgan fingerprint density at radius 1 is 1.05 bits per heavy atom. The molecule has 1 N–H and O–H groups in total. The lowest BCUT2D eigenvalue weighted by Crippen LogP contribution is -2.14. The minimum absolute atomic E-state index is 0.311. The maximum Gasteiger partial charge on any atom is 0.315 e. The van der Waals surface area contributed by atoms with Crippen LogP contribution in [0.2, 0.25) is 0 Å². The number of carbonyl (C=O) groups is 1. The van der Waals surface area contributed by atoms with Crippen LogP contribution in [0.5, 0.6) is 0 Å².